The lowest BCUT2D eigenvalue weighted by Crippen LogP contribution is -2.32. The zero-order valence-corrected chi connectivity index (χ0v) is 13.3. The van der Waals surface area contributed by atoms with Gasteiger partial charge in [-0.25, -0.2) is 17.8 Å². The second-order valence-electron chi connectivity index (χ2n) is 5.53. The molecule has 0 spiro atoms. The number of hydrogen-bond acceptors (Lipinski definition) is 5. The number of sulfonamides is 1. The second-order valence-corrected chi connectivity index (χ2v) is 7.42. The molecular weight excluding hydrogens is 333 g/mol. The van der Waals surface area contributed by atoms with Crippen LogP contribution in [0.1, 0.15) is 23.7 Å². The number of benzene rings is 1. The fourth-order valence-corrected chi connectivity index (χ4v) is 4.41. The molecule has 1 aliphatic heterocycles. The van der Waals surface area contributed by atoms with Crippen molar-refractivity contribution in [2.45, 2.75) is 23.5 Å². The summed E-state index contributed by atoms with van der Waals surface area (Å²) in [4.78, 5) is 3.70. The molecule has 0 saturated carbocycles. The van der Waals surface area contributed by atoms with Gasteiger partial charge in [-0.05, 0) is 36.2 Å². The number of aromatic nitrogens is 1. The molecular formula is C16H14FN3O3S. The molecule has 0 amide bonds. The first-order chi connectivity index (χ1) is 11.4. The van der Waals surface area contributed by atoms with Crippen molar-refractivity contribution < 1.29 is 17.9 Å². The molecule has 0 unspecified atom stereocenters. The summed E-state index contributed by atoms with van der Waals surface area (Å²) in [6.07, 6.45) is 0.465. The van der Waals surface area contributed by atoms with Gasteiger partial charge in [0.1, 0.15) is 22.5 Å². The maximum absolute atomic E-state index is 13.5. The van der Waals surface area contributed by atoms with E-state index < -0.39 is 28.0 Å². The lowest BCUT2D eigenvalue weighted by Gasteiger charge is -2.24. The maximum Gasteiger partial charge on any atom is 0.245 e. The number of aliphatic hydroxyl groups is 1. The molecule has 2 atom stereocenters. The van der Waals surface area contributed by atoms with E-state index in [1.54, 1.807) is 6.07 Å². The molecule has 2 heterocycles. The molecule has 0 radical (unpaired) electrons. The summed E-state index contributed by atoms with van der Waals surface area (Å²) in [5.41, 5.74) is 0.591. The second kappa shape index (κ2) is 6.28. The Hall–Kier alpha value is -2.34. The Morgan fingerprint density at radius 1 is 1.33 bits per heavy atom. The van der Waals surface area contributed by atoms with Crippen molar-refractivity contribution in [1.29, 1.82) is 5.26 Å². The van der Waals surface area contributed by atoms with Gasteiger partial charge < -0.3 is 5.11 Å². The van der Waals surface area contributed by atoms with Crippen LogP contribution in [-0.2, 0) is 10.0 Å². The number of pyridine rings is 1. The molecule has 3 rings (SSSR count). The number of halogens is 1. The largest absolute Gasteiger partial charge is 0.392 e. The predicted octanol–water partition coefficient (Wildman–Crippen LogP) is 1.59. The average molecular weight is 347 g/mol. The Morgan fingerprint density at radius 3 is 2.75 bits per heavy atom. The minimum atomic E-state index is -3.93. The first-order valence-corrected chi connectivity index (χ1v) is 8.67. The molecule has 1 aromatic heterocycles. The van der Waals surface area contributed by atoms with Crippen LogP contribution < -0.4 is 0 Å². The molecule has 2 aromatic rings. The molecule has 24 heavy (non-hydrogen) atoms. The standard InChI is InChI=1S/C16H14FN3O3S/c17-12-3-1-2-11(6-12)16-7-14(21)10-20(16)24(22,23)15-5-4-13(8-18)19-9-15/h1-6,9,14,16,21H,7,10H2/t14-,16+/m0/s1. The molecule has 8 heteroatoms. The van der Waals surface area contributed by atoms with Crippen LogP contribution >= 0.6 is 0 Å². The summed E-state index contributed by atoms with van der Waals surface area (Å²) < 4.78 is 40.3. The van der Waals surface area contributed by atoms with Gasteiger partial charge in [0.05, 0.1) is 12.1 Å². The zero-order valence-electron chi connectivity index (χ0n) is 12.5. The van der Waals surface area contributed by atoms with Gasteiger partial charge in [-0.1, -0.05) is 12.1 Å². The monoisotopic (exact) mass is 347 g/mol. The normalized spacial score (nSPS) is 21.5. The van der Waals surface area contributed by atoms with Crippen LogP contribution in [0.4, 0.5) is 4.39 Å². The fourth-order valence-electron chi connectivity index (χ4n) is 2.80. The molecule has 1 aromatic carbocycles. The van der Waals surface area contributed by atoms with Crippen LogP contribution in [0.3, 0.4) is 0 Å². The van der Waals surface area contributed by atoms with Crippen molar-refractivity contribution in [1.82, 2.24) is 9.29 Å². The minimum absolute atomic E-state index is 0.0722. The quantitative estimate of drug-likeness (QED) is 0.910. The Morgan fingerprint density at radius 2 is 2.12 bits per heavy atom. The molecule has 1 saturated heterocycles. The van der Waals surface area contributed by atoms with E-state index in [2.05, 4.69) is 4.98 Å². The summed E-state index contributed by atoms with van der Waals surface area (Å²) in [7, 11) is -3.93. The van der Waals surface area contributed by atoms with Gasteiger partial charge in [0, 0.05) is 12.7 Å². The first-order valence-electron chi connectivity index (χ1n) is 7.23. The molecule has 0 bridgehead atoms. The number of aliphatic hydroxyl groups excluding tert-OH is 1. The number of β-amino-alcohol motifs (C(OH)–C–C–N with tert-alkyl or cyclic N) is 1. The Balaban J connectivity index is 1.99. The lowest BCUT2D eigenvalue weighted by molar-refractivity contribution is 0.188. The van der Waals surface area contributed by atoms with Crippen molar-refractivity contribution in [3.05, 3.63) is 59.7 Å². The van der Waals surface area contributed by atoms with E-state index in [1.165, 1.54) is 30.3 Å². The molecule has 124 valence electrons. The SMILES string of the molecule is N#Cc1ccc(S(=O)(=O)N2C[C@@H](O)C[C@@H]2c2cccc(F)c2)cn1. The van der Waals surface area contributed by atoms with Gasteiger partial charge in [0.2, 0.25) is 10.0 Å². The van der Waals surface area contributed by atoms with Crippen LogP contribution in [0.15, 0.2) is 47.5 Å². The van der Waals surface area contributed by atoms with E-state index in [-0.39, 0.29) is 23.6 Å². The molecule has 6 nitrogen and oxygen atoms in total. The van der Waals surface area contributed by atoms with E-state index in [4.69, 9.17) is 5.26 Å². The van der Waals surface area contributed by atoms with Crippen LogP contribution in [-0.4, -0.2) is 35.5 Å². The summed E-state index contributed by atoms with van der Waals surface area (Å²) in [6, 6.07) is 9.46. The molecule has 0 aliphatic carbocycles. The van der Waals surface area contributed by atoms with Gasteiger partial charge >= 0.3 is 0 Å². The lowest BCUT2D eigenvalue weighted by atomic mass is 10.0. The highest BCUT2D eigenvalue weighted by molar-refractivity contribution is 7.89. The third-order valence-electron chi connectivity index (χ3n) is 3.92. The van der Waals surface area contributed by atoms with E-state index in [0.717, 1.165) is 10.5 Å². The van der Waals surface area contributed by atoms with Crippen molar-refractivity contribution >= 4 is 10.0 Å². The summed E-state index contributed by atoms with van der Waals surface area (Å²) in [5, 5.41) is 18.7. The van der Waals surface area contributed by atoms with Gasteiger partial charge in [-0.15, -0.1) is 0 Å². The zero-order chi connectivity index (χ0) is 17.3. The van der Waals surface area contributed by atoms with Crippen molar-refractivity contribution in [3.63, 3.8) is 0 Å². The third kappa shape index (κ3) is 3.01. The number of hydrogen-bond donors (Lipinski definition) is 1. The summed E-state index contributed by atoms with van der Waals surface area (Å²) in [5.74, 6) is -0.466. The Bertz CT molecular complexity index is 894. The maximum atomic E-state index is 13.5. The highest BCUT2D eigenvalue weighted by Gasteiger charge is 2.40. The third-order valence-corrected chi connectivity index (χ3v) is 5.78. The fraction of sp³-hybridized carbons (Fsp3) is 0.250. The molecule has 1 N–H and O–H groups in total. The van der Waals surface area contributed by atoms with E-state index in [0.29, 0.717) is 5.56 Å². The van der Waals surface area contributed by atoms with Gasteiger partial charge in [0.15, 0.2) is 0 Å². The van der Waals surface area contributed by atoms with Gasteiger partial charge in [-0.2, -0.15) is 9.57 Å². The highest BCUT2D eigenvalue weighted by atomic mass is 32.2. The summed E-state index contributed by atoms with van der Waals surface area (Å²) >= 11 is 0. The Labute approximate surface area is 138 Å². The van der Waals surface area contributed by atoms with Gasteiger partial charge in [-0.3, -0.25) is 0 Å². The number of nitriles is 1. The van der Waals surface area contributed by atoms with Gasteiger partial charge in [0.25, 0.3) is 0 Å². The molecule has 1 aliphatic rings. The first kappa shape index (κ1) is 16.5. The van der Waals surface area contributed by atoms with E-state index >= 15 is 0 Å². The van der Waals surface area contributed by atoms with Crippen molar-refractivity contribution in [2.75, 3.05) is 6.54 Å². The van der Waals surface area contributed by atoms with Crippen LogP contribution in [0, 0.1) is 17.1 Å². The van der Waals surface area contributed by atoms with Crippen LogP contribution in [0.25, 0.3) is 0 Å². The summed E-state index contributed by atoms with van der Waals surface area (Å²) in [6.45, 7) is -0.0798. The van der Waals surface area contributed by atoms with Crippen molar-refractivity contribution in [3.8, 4) is 6.07 Å². The highest BCUT2D eigenvalue weighted by Crippen LogP contribution is 2.36. The number of rotatable bonds is 3. The molecule has 1 fully saturated rings. The minimum Gasteiger partial charge on any atom is -0.392 e. The smallest absolute Gasteiger partial charge is 0.245 e. The van der Waals surface area contributed by atoms with E-state index in [9.17, 15) is 17.9 Å². The van der Waals surface area contributed by atoms with Crippen molar-refractivity contribution in [2.24, 2.45) is 0 Å². The Kier molecular flexibility index (Phi) is 4.32. The topological polar surface area (TPSA) is 94.3 Å². The van der Waals surface area contributed by atoms with Crippen LogP contribution in [0.5, 0.6) is 0 Å². The number of nitrogens with zero attached hydrogens (tertiary/aromatic N) is 3. The van der Waals surface area contributed by atoms with E-state index in [1.807, 2.05) is 6.07 Å². The predicted molar refractivity (Wildman–Crippen MR) is 82.6 cm³/mol. The van der Waals surface area contributed by atoms with Crippen LogP contribution in [0.2, 0.25) is 0 Å². The average Bonchev–Trinajstić information content (AvgIpc) is 2.98.